The predicted molar refractivity (Wildman–Crippen MR) is 95.6 cm³/mol. The van der Waals surface area contributed by atoms with Crippen LogP contribution in [0.2, 0.25) is 5.02 Å². The minimum atomic E-state index is -0.318. The van der Waals surface area contributed by atoms with Crippen molar-refractivity contribution in [2.45, 2.75) is 18.4 Å². The summed E-state index contributed by atoms with van der Waals surface area (Å²) in [6.07, 6.45) is 5.37. The van der Waals surface area contributed by atoms with Crippen LogP contribution in [-0.2, 0) is 4.74 Å². The van der Waals surface area contributed by atoms with Crippen LogP contribution >= 0.6 is 11.6 Å². The van der Waals surface area contributed by atoms with E-state index in [1.54, 1.807) is 12.1 Å². The van der Waals surface area contributed by atoms with Crippen molar-refractivity contribution in [3.05, 3.63) is 76.3 Å². The number of ether oxygens (including phenoxy) is 1. The Morgan fingerprint density at radius 3 is 2.75 bits per heavy atom. The molecule has 0 fully saturated rings. The lowest BCUT2D eigenvalue weighted by Gasteiger charge is -2.38. The number of nitrogens with one attached hydrogen (secondary N) is 1. The molecular formula is C20H18ClNO2. The maximum atomic E-state index is 12.2. The van der Waals surface area contributed by atoms with E-state index in [1.807, 2.05) is 6.07 Å². The zero-order chi connectivity index (χ0) is 16.7. The van der Waals surface area contributed by atoms with Crippen LogP contribution in [0.1, 0.15) is 39.9 Å². The number of carbonyl (C=O) groups is 1. The number of benzene rings is 2. The van der Waals surface area contributed by atoms with Gasteiger partial charge in [-0.05, 0) is 35.6 Å². The van der Waals surface area contributed by atoms with Crippen molar-refractivity contribution in [1.82, 2.24) is 0 Å². The minimum Gasteiger partial charge on any atom is -0.465 e. The Labute approximate surface area is 146 Å². The summed E-state index contributed by atoms with van der Waals surface area (Å²) in [5.74, 6) is 0.211. The van der Waals surface area contributed by atoms with Gasteiger partial charge in [0, 0.05) is 5.92 Å². The van der Waals surface area contributed by atoms with Crippen LogP contribution in [0.15, 0.2) is 54.6 Å². The summed E-state index contributed by atoms with van der Waals surface area (Å²) in [7, 11) is 1.41. The second-order valence-corrected chi connectivity index (χ2v) is 6.67. The van der Waals surface area contributed by atoms with Gasteiger partial charge in [-0.25, -0.2) is 4.79 Å². The summed E-state index contributed by atoms with van der Waals surface area (Å²) in [4.78, 5) is 12.2. The highest BCUT2D eigenvalue weighted by Crippen LogP contribution is 2.52. The molecule has 0 saturated carbocycles. The lowest BCUT2D eigenvalue weighted by molar-refractivity contribution is 0.0598. The Bertz CT molecular complexity index is 816. The molecule has 2 aromatic rings. The summed E-state index contributed by atoms with van der Waals surface area (Å²) < 4.78 is 4.97. The number of methoxy groups -OCH3 is 1. The molecule has 0 unspecified atom stereocenters. The molecule has 0 amide bonds. The van der Waals surface area contributed by atoms with Gasteiger partial charge in [0.2, 0.25) is 0 Å². The first kappa shape index (κ1) is 15.3. The van der Waals surface area contributed by atoms with E-state index in [1.165, 1.54) is 12.7 Å². The third kappa shape index (κ3) is 2.31. The molecule has 1 aliphatic heterocycles. The first-order valence-electron chi connectivity index (χ1n) is 8.09. The average Bonchev–Trinajstić information content (AvgIpc) is 3.11. The Balaban J connectivity index is 1.87. The smallest absolute Gasteiger partial charge is 0.338 e. The van der Waals surface area contributed by atoms with Crippen molar-refractivity contribution in [2.24, 2.45) is 5.92 Å². The quantitative estimate of drug-likeness (QED) is 0.621. The molecule has 1 aliphatic carbocycles. The van der Waals surface area contributed by atoms with Crippen molar-refractivity contribution in [2.75, 3.05) is 12.4 Å². The van der Waals surface area contributed by atoms with E-state index >= 15 is 0 Å². The van der Waals surface area contributed by atoms with Crippen molar-refractivity contribution in [3.63, 3.8) is 0 Å². The highest BCUT2D eigenvalue weighted by molar-refractivity contribution is 6.33. The van der Waals surface area contributed by atoms with E-state index in [2.05, 4.69) is 41.7 Å². The van der Waals surface area contributed by atoms with Crippen LogP contribution in [-0.4, -0.2) is 13.1 Å². The van der Waals surface area contributed by atoms with Gasteiger partial charge in [0.15, 0.2) is 0 Å². The van der Waals surface area contributed by atoms with Gasteiger partial charge in [-0.15, -0.1) is 0 Å². The van der Waals surface area contributed by atoms with Gasteiger partial charge in [-0.2, -0.15) is 0 Å². The lowest BCUT2D eigenvalue weighted by Crippen LogP contribution is -2.30. The van der Waals surface area contributed by atoms with Crippen LogP contribution in [0.5, 0.6) is 0 Å². The fraction of sp³-hybridized carbons (Fsp3) is 0.250. The number of hydrogen-bond donors (Lipinski definition) is 1. The lowest BCUT2D eigenvalue weighted by atomic mass is 9.75. The van der Waals surface area contributed by atoms with Crippen LogP contribution in [0.3, 0.4) is 0 Å². The fourth-order valence-corrected chi connectivity index (χ4v) is 4.17. The highest BCUT2D eigenvalue weighted by atomic mass is 35.5. The molecule has 24 heavy (non-hydrogen) atoms. The number of halogens is 1. The molecule has 1 heterocycles. The van der Waals surface area contributed by atoms with Gasteiger partial charge in [0.1, 0.15) is 0 Å². The van der Waals surface area contributed by atoms with Gasteiger partial charge in [-0.1, -0.05) is 54.1 Å². The monoisotopic (exact) mass is 339 g/mol. The second-order valence-electron chi connectivity index (χ2n) is 6.26. The number of carbonyl (C=O) groups excluding carboxylic acids is 1. The predicted octanol–water partition coefficient (Wildman–Crippen LogP) is 4.95. The van der Waals surface area contributed by atoms with Crippen molar-refractivity contribution >= 4 is 23.3 Å². The number of allylic oxidation sites excluding steroid dienone is 2. The van der Waals surface area contributed by atoms with Crippen molar-refractivity contribution in [3.8, 4) is 0 Å². The van der Waals surface area contributed by atoms with Crippen molar-refractivity contribution in [1.29, 1.82) is 0 Å². The standard InChI is InChI=1S/C20H18ClNO2/c1-24-20(23)15-10-11-16(21)19-17(15)13-8-5-9-14(13)18(22-19)12-6-3-2-4-7-12/h2-8,10-11,13-14,18,22H,9H2,1H3/t13-,14+,18-/m1/s1. The van der Waals surface area contributed by atoms with Gasteiger partial charge in [0.05, 0.1) is 29.4 Å². The molecule has 3 nitrogen and oxygen atoms in total. The minimum absolute atomic E-state index is 0.166. The fourth-order valence-electron chi connectivity index (χ4n) is 3.95. The first-order chi connectivity index (χ1) is 11.7. The molecule has 1 N–H and O–H groups in total. The zero-order valence-corrected chi connectivity index (χ0v) is 14.1. The maximum absolute atomic E-state index is 12.2. The molecule has 0 spiro atoms. The molecule has 0 radical (unpaired) electrons. The van der Waals surface area contributed by atoms with E-state index in [0.29, 0.717) is 16.5 Å². The number of rotatable bonds is 2. The van der Waals surface area contributed by atoms with Gasteiger partial charge < -0.3 is 10.1 Å². The van der Waals surface area contributed by atoms with Gasteiger partial charge in [0.25, 0.3) is 0 Å². The van der Waals surface area contributed by atoms with E-state index in [-0.39, 0.29) is 17.9 Å². The number of esters is 1. The Hall–Kier alpha value is -2.26. The van der Waals surface area contributed by atoms with Gasteiger partial charge in [-0.3, -0.25) is 0 Å². The average molecular weight is 340 g/mol. The molecule has 122 valence electrons. The summed E-state index contributed by atoms with van der Waals surface area (Å²) in [5, 5.41) is 4.23. The zero-order valence-electron chi connectivity index (χ0n) is 13.3. The third-order valence-electron chi connectivity index (χ3n) is 5.03. The van der Waals surface area contributed by atoms with E-state index in [0.717, 1.165) is 17.7 Å². The first-order valence-corrected chi connectivity index (χ1v) is 8.47. The van der Waals surface area contributed by atoms with Gasteiger partial charge >= 0.3 is 5.97 Å². The molecule has 4 heteroatoms. The number of fused-ring (bicyclic) bond motifs is 3. The Morgan fingerprint density at radius 1 is 1.21 bits per heavy atom. The van der Waals surface area contributed by atoms with Crippen LogP contribution in [0.25, 0.3) is 0 Å². The number of hydrogen-bond acceptors (Lipinski definition) is 3. The molecular weight excluding hydrogens is 322 g/mol. The molecule has 0 saturated heterocycles. The van der Waals surface area contributed by atoms with Crippen LogP contribution in [0.4, 0.5) is 5.69 Å². The maximum Gasteiger partial charge on any atom is 0.338 e. The SMILES string of the molecule is COC(=O)c1ccc(Cl)c2c1[C@@H]1C=CC[C@@H]1[C@@H](c1ccccc1)N2. The third-order valence-corrected chi connectivity index (χ3v) is 5.35. The molecule has 2 aromatic carbocycles. The normalized spacial score (nSPS) is 24.0. The van der Waals surface area contributed by atoms with Crippen molar-refractivity contribution < 1.29 is 9.53 Å². The van der Waals surface area contributed by atoms with E-state index in [9.17, 15) is 4.79 Å². The summed E-state index contributed by atoms with van der Waals surface area (Å²) in [6, 6.07) is 14.1. The second kappa shape index (κ2) is 5.99. The topological polar surface area (TPSA) is 38.3 Å². The molecule has 0 aromatic heterocycles. The summed E-state index contributed by atoms with van der Waals surface area (Å²) in [5.41, 5.74) is 3.64. The van der Waals surface area contributed by atoms with Crippen LogP contribution < -0.4 is 5.32 Å². The molecule has 3 atom stereocenters. The summed E-state index contributed by atoms with van der Waals surface area (Å²) >= 11 is 6.47. The Kier molecular flexibility index (Phi) is 3.81. The Morgan fingerprint density at radius 2 is 2.00 bits per heavy atom. The highest BCUT2D eigenvalue weighted by Gasteiger charge is 2.40. The summed E-state index contributed by atoms with van der Waals surface area (Å²) in [6.45, 7) is 0. The van der Waals surface area contributed by atoms with E-state index < -0.39 is 0 Å². The molecule has 0 bridgehead atoms. The molecule has 4 rings (SSSR count). The molecule has 2 aliphatic rings. The van der Waals surface area contributed by atoms with Crippen LogP contribution in [0, 0.1) is 5.92 Å². The largest absolute Gasteiger partial charge is 0.465 e. The van der Waals surface area contributed by atoms with E-state index in [4.69, 9.17) is 16.3 Å². The number of anilines is 1.